The number of aromatic nitrogens is 1. The molecule has 1 aromatic rings. The van der Waals surface area contributed by atoms with Gasteiger partial charge in [-0.05, 0) is 0 Å². The molecule has 0 radical (unpaired) electrons. The summed E-state index contributed by atoms with van der Waals surface area (Å²) >= 11 is 0. The number of nitrogens with zero attached hydrogens (tertiary/aromatic N) is 3. The molecule has 6 nitrogen and oxygen atoms in total. The first-order valence-electron chi connectivity index (χ1n) is 3.23. The lowest BCUT2D eigenvalue weighted by Crippen LogP contribution is -2.25. The summed E-state index contributed by atoms with van der Waals surface area (Å²) in [7, 11) is 1.92. The number of rotatable bonds is 0. The van der Waals surface area contributed by atoms with Crippen LogP contribution >= 0.6 is 0 Å². The van der Waals surface area contributed by atoms with Crippen LogP contribution in [-0.4, -0.2) is 5.09 Å². The summed E-state index contributed by atoms with van der Waals surface area (Å²) in [4.78, 5) is 8.25. The zero-order valence-electron chi connectivity index (χ0n) is 6.88. The fourth-order valence-electron chi connectivity index (χ4n) is 0.576. The van der Waals surface area contributed by atoms with Crippen LogP contribution in [-0.2, 0) is 7.05 Å². The molecule has 0 saturated heterocycles. The van der Waals surface area contributed by atoms with Crippen LogP contribution < -0.4 is 4.57 Å². The van der Waals surface area contributed by atoms with Crippen LogP contribution in [0.25, 0.3) is 0 Å². The van der Waals surface area contributed by atoms with Crippen molar-refractivity contribution in [3.05, 3.63) is 45.4 Å². The first-order chi connectivity index (χ1) is 6.06. The van der Waals surface area contributed by atoms with E-state index in [1.807, 2.05) is 30.1 Å². The van der Waals surface area contributed by atoms with Crippen molar-refractivity contribution in [2.75, 3.05) is 0 Å². The topological polar surface area (TPSA) is 93.9 Å². The van der Waals surface area contributed by atoms with Crippen molar-refractivity contribution < 1.29 is 9.65 Å². The van der Waals surface area contributed by atoms with Gasteiger partial charge in [0.15, 0.2) is 12.4 Å². The molecule has 0 unspecified atom stereocenters. The van der Waals surface area contributed by atoms with Gasteiger partial charge in [0.25, 0.3) is 0 Å². The van der Waals surface area contributed by atoms with Crippen LogP contribution in [0.4, 0.5) is 0 Å². The highest BCUT2D eigenvalue weighted by Crippen LogP contribution is 1.88. The van der Waals surface area contributed by atoms with Gasteiger partial charge >= 0.3 is 0 Å². The van der Waals surface area contributed by atoms with E-state index in [4.69, 9.17) is 20.6 Å². The standard InChI is InChI=1S/C7H7N2.NO3/c1-9-4-2-7(6-8)3-5-9;2-1(3)4/h2-5H,1H3;/q+1;-1. The van der Waals surface area contributed by atoms with Crippen molar-refractivity contribution in [1.29, 1.82) is 5.26 Å². The third kappa shape index (κ3) is 6.25. The van der Waals surface area contributed by atoms with E-state index in [1.54, 1.807) is 12.1 Å². The minimum absolute atomic E-state index is 0.702. The first kappa shape index (κ1) is 10.8. The van der Waals surface area contributed by atoms with E-state index in [9.17, 15) is 0 Å². The molecule has 0 amide bonds. The normalized spacial score (nSPS) is 7.69. The van der Waals surface area contributed by atoms with E-state index in [2.05, 4.69) is 0 Å². The van der Waals surface area contributed by atoms with E-state index in [0.29, 0.717) is 5.56 Å². The Morgan fingerprint density at radius 1 is 1.46 bits per heavy atom. The van der Waals surface area contributed by atoms with Crippen molar-refractivity contribution in [3.8, 4) is 6.07 Å². The molecule has 1 heterocycles. The Kier molecular flexibility index (Phi) is 4.57. The van der Waals surface area contributed by atoms with Crippen molar-refractivity contribution in [3.63, 3.8) is 0 Å². The zero-order valence-corrected chi connectivity index (χ0v) is 6.88. The van der Waals surface area contributed by atoms with Gasteiger partial charge in [-0.15, -0.1) is 0 Å². The van der Waals surface area contributed by atoms with Gasteiger partial charge < -0.3 is 15.3 Å². The molecule has 0 aliphatic carbocycles. The zero-order chi connectivity index (χ0) is 10.3. The lowest BCUT2D eigenvalue weighted by atomic mass is 10.3. The maximum atomic E-state index is 8.37. The van der Waals surface area contributed by atoms with Crippen LogP contribution in [0, 0.1) is 26.7 Å². The maximum absolute atomic E-state index is 8.37. The number of nitriles is 1. The first-order valence-corrected chi connectivity index (χ1v) is 3.23. The largest absolute Gasteiger partial charge is 0.356 e. The molecule has 6 heteroatoms. The molecule has 0 spiro atoms. The Morgan fingerprint density at radius 2 is 1.85 bits per heavy atom. The molecular formula is C7H7N3O3. The number of hydrogen-bond donors (Lipinski definition) is 0. The molecule has 0 atom stereocenters. The fourth-order valence-corrected chi connectivity index (χ4v) is 0.576. The van der Waals surface area contributed by atoms with E-state index in [0.717, 1.165) is 0 Å². The quantitative estimate of drug-likeness (QED) is 0.323. The van der Waals surface area contributed by atoms with Gasteiger partial charge in [0.05, 0.1) is 16.7 Å². The molecule has 0 fully saturated rings. The Hall–Kier alpha value is -2.16. The molecule has 1 aromatic heterocycles. The number of pyridine rings is 1. The molecule has 0 N–H and O–H groups in total. The van der Waals surface area contributed by atoms with E-state index >= 15 is 0 Å². The van der Waals surface area contributed by atoms with Gasteiger partial charge in [-0.2, -0.15) is 5.26 Å². The molecule has 1 rings (SSSR count). The van der Waals surface area contributed by atoms with Crippen molar-refractivity contribution in [2.24, 2.45) is 7.05 Å². The monoisotopic (exact) mass is 181 g/mol. The average molecular weight is 181 g/mol. The fraction of sp³-hybridized carbons (Fsp3) is 0.143. The molecule has 0 bridgehead atoms. The Morgan fingerprint density at radius 3 is 2.15 bits per heavy atom. The van der Waals surface area contributed by atoms with Crippen molar-refractivity contribution in [2.45, 2.75) is 0 Å². The predicted octanol–water partition coefficient (Wildman–Crippen LogP) is 0.144. The lowest BCUT2D eigenvalue weighted by molar-refractivity contribution is -0.671. The number of aryl methyl sites for hydroxylation is 1. The highest BCUT2D eigenvalue weighted by molar-refractivity contribution is 5.23. The molecule has 0 aliphatic rings. The highest BCUT2D eigenvalue weighted by Gasteiger charge is 1.90. The predicted molar refractivity (Wildman–Crippen MR) is 42.7 cm³/mol. The second-order valence-electron chi connectivity index (χ2n) is 2.09. The van der Waals surface area contributed by atoms with Gasteiger partial charge in [-0.1, -0.05) is 0 Å². The van der Waals surface area contributed by atoms with Crippen molar-refractivity contribution in [1.82, 2.24) is 0 Å². The summed E-state index contributed by atoms with van der Waals surface area (Å²) in [6.45, 7) is 0. The summed E-state index contributed by atoms with van der Waals surface area (Å²) < 4.78 is 1.89. The maximum Gasteiger partial charge on any atom is 0.169 e. The summed E-state index contributed by atoms with van der Waals surface area (Å²) in [5.74, 6) is 0. The third-order valence-corrected chi connectivity index (χ3v) is 1.11. The highest BCUT2D eigenvalue weighted by atomic mass is 16.9. The SMILES string of the molecule is C[n+]1ccc(C#N)cc1.O=[N+]([O-])[O-]. The molecular weight excluding hydrogens is 174 g/mol. The molecule has 0 aliphatic heterocycles. The third-order valence-electron chi connectivity index (χ3n) is 1.11. The van der Waals surface area contributed by atoms with Crippen molar-refractivity contribution >= 4 is 0 Å². The summed E-state index contributed by atoms with van der Waals surface area (Å²) in [6, 6.07) is 5.60. The van der Waals surface area contributed by atoms with Gasteiger partial charge in [0, 0.05) is 12.1 Å². The van der Waals surface area contributed by atoms with Crippen LogP contribution in [0.2, 0.25) is 0 Å². The minimum atomic E-state index is -1.75. The summed E-state index contributed by atoms with van der Waals surface area (Å²) in [5.41, 5.74) is 0.702. The Labute approximate surface area is 74.4 Å². The molecule has 0 aromatic carbocycles. The van der Waals surface area contributed by atoms with Crippen LogP contribution in [0.5, 0.6) is 0 Å². The summed E-state index contributed by atoms with van der Waals surface area (Å²) in [5, 5.41) is 23.1. The van der Waals surface area contributed by atoms with Gasteiger partial charge in [-0.25, -0.2) is 4.57 Å². The smallest absolute Gasteiger partial charge is 0.169 e. The van der Waals surface area contributed by atoms with Gasteiger partial charge in [-0.3, -0.25) is 0 Å². The van der Waals surface area contributed by atoms with E-state index in [-0.39, 0.29) is 0 Å². The Bertz CT molecular complexity index is 311. The molecule has 0 saturated carbocycles. The Balaban J connectivity index is 0.000000310. The second kappa shape index (κ2) is 5.49. The van der Waals surface area contributed by atoms with Crippen LogP contribution in [0.1, 0.15) is 5.56 Å². The minimum Gasteiger partial charge on any atom is -0.356 e. The molecule has 68 valence electrons. The van der Waals surface area contributed by atoms with E-state index < -0.39 is 5.09 Å². The lowest BCUT2D eigenvalue weighted by Gasteiger charge is -1.83. The van der Waals surface area contributed by atoms with Crippen LogP contribution in [0.3, 0.4) is 0 Å². The average Bonchev–Trinajstić information content (AvgIpc) is 2.05. The van der Waals surface area contributed by atoms with Crippen LogP contribution in [0.15, 0.2) is 24.5 Å². The van der Waals surface area contributed by atoms with Gasteiger partial charge in [0.1, 0.15) is 7.05 Å². The summed E-state index contributed by atoms with van der Waals surface area (Å²) in [6.07, 6.45) is 3.69. The number of hydrogen-bond acceptors (Lipinski definition) is 4. The molecule has 13 heavy (non-hydrogen) atoms. The van der Waals surface area contributed by atoms with Gasteiger partial charge in [0.2, 0.25) is 0 Å². The second-order valence-corrected chi connectivity index (χ2v) is 2.09. The van der Waals surface area contributed by atoms with E-state index in [1.165, 1.54) is 0 Å².